The highest BCUT2D eigenvalue weighted by Gasteiger charge is 2.27. The Kier molecular flexibility index (Phi) is 4.39. The van der Waals surface area contributed by atoms with E-state index in [1.165, 1.54) is 0 Å². The zero-order valence-electron chi connectivity index (χ0n) is 9.61. The monoisotopic (exact) mass is 239 g/mol. The molecular formula is C10H16BN2O4. The Morgan fingerprint density at radius 1 is 0.941 bits per heavy atom. The number of hydrogen-bond acceptors (Lipinski definition) is 6. The lowest BCUT2D eigenvalue weighted by Crippen LogP contribution is -2.36. The summed E-state index contributed by atoms with van der Waals surface area (Å²) >= 11 is 0. The molecule has 2 aliphatic rings. The minimum Gasteiger partial charge on any atom is -0.498 e. The fourth-order valence-electron chi connectivity index (χ4n) is 2.05. The van der Waals surface area contributed by atoms with Crippen molar-refractivity contribution in [2.45, 2.75) is 37.8 Å². The van der Waals surface area contributed by atoms with Gasteiger partial charge in [-0.15, -0.1) is 0 Å². The van der Waals surface area contributed by atoms with Gasteiger partial charge in [-0.25, -0.2) is 0 Å². The Morgan fingerprint density at radius 2 is 1.41 bits per heavy atom. The standard InChI is InChI=1S/C10H16BN2O4/c14-9(7-3-1-5-12-7)16-11-17-10(15)8-4-2-6-13-8/h7-8,12-13H,1-6H2/t7-,8-/m0/s1. The van der Waals surface area contributed by atoms with Gasteiger partial charge in [0.1, 0.15) is 12.1 Å². The maximum Gasteiger partial charge on any atom is 0.662 e. The predicted molar refractivity (Wildman–Crippen MR) is 60.0 cm³/mol. The summed E-state index contributed by atoms with van der Waals surface area (Å²) in [6.07, 6.45) is 3.46. The van der Waals surface area contributed by atoms with E-state index < -0.39 is 11.9 Å². The van der Waals surface area contributed by atoms with E-state index in [4.69, 9.17) is 9.31 Å². The minimum atomic E-state index is -0.394. The second-order valence-corrected chi connectivity index (χ2v) is 4.27. The lowest BCUT2D eigenvalue weighted by Gasteiger charge is -2.11. The second kappa shape index (κ2) is 6.02. The van der Waals surface area contributed by atoms with Crippen LogP contribution in [0.1, 0.15) is 25.7 Å². The van der Waals surface area contributed by atoms with Crippen LogP contribution >= 0.6 is 0 Å². The number of hydrogen-bond donors (Lipinski definition) is 2. The second-order valence-electron chi connectivity index (χ2n) is 4.27. The van der Waals surface area contributed by atoms with Crippen molar-refractivity contribution in [3.05, 3.63) is 0 Å². The van der Waals surface area contributed by atoms with Crippen LogP contribution in [0.15, 0.2) is 0 Å². The van der Waals surface area contributed by atoms with Crippen molar-refractivity contribution in [3.63, 3.8) is 0 Å². The molecule has 93 valence electrons. The van der Waals surface area contributed by atoms with Gasteiger partial charge in [-0.05, 0) is 38.8 Å². The van der Waals surface area contributed by atoms with Crippen LogP contribution in [0.25, 0.3) is 0 Å². The molecule has 0 bridgehead atoms. The molecule has 0 amide bonds. The van der Waals surface area contributed by atoms with Gasteiger partial charge in [-0.3, -0.25) is 9.59 Å². The third-order valence-corrected chi connectivity index (χ3v) is 3.02. The van der Waals surface area contributed by atoms with Gasteiger partial charge in [-0.2, -0.15) is 0 Å². The van der Waals surface area contributed by atoms with Gasteiger partial charge >= 0.3 is 19.6 Å². The smallest absolute Gasteiger partial charge is 0.498 e. The maximum absolute atomic E-state index is 11.4. The summed E-state index contributed by atoms with van der Waals surface area (Å²) in [6, 6.07) is -0.538. The molecule has 2 saturated heterocycles. The Hall–Kier alpha value is -1.08. The fraction of sp³-hybridized carbons (Fsp3) is 0.800. The van der Waals surface area contributed by atoms with E-state index in [1.807, 2.05) is 0 Å². The van der Waals surface area contributed by atoms with Crippen molar-refractivity contribution in [1.29, 1.82) is 0 Å². The van der Waals surface area contributed by atoms with E-state index in [2.05, 4.69) is 10.6 Å². The van der Waals surface area contributed by atoms with Crippen molar-refractivity contribution in [3.8, 4) is 0 Å². The summed E-state index contributed by atoms with van der Waals surface area (Å²) < 4.78 is 9.52. The first kappa shape index (κ1) is 12.4. The molecule has 1 radical (unpaired) electrons. The summed E-state index contributed by atoms with van der Waals surface area (Å²) in [5, 5.41) is 6.00. The molecule has 2 fully saturated rings. The Labute approximate surface area is 101 Å². The summed E-state index contributed by atoms with van der Waals surface area (Å²) in [4.78, 5) is 22.9. The van der Waals surface area contributed by atoms with Crippen molar-refractivity contribution >= 4 is 19.6 Å². The van der Waals surface area contributed by atoms with E-state index in [9.17, 15) is 9.59 Å². The molecule has 0 aromatic rings. The molecule has 0 aliphatic carbocycles. The molecule has 2 aliphatic heterocycles. The van der Waals surface area contributed by atoms with Gasteiger partial charge in [0.2, 0.25) is 0 Å². The number of carbonyl (C=O) groups is 2. The van der Waals surface area contributed by atoms with E-state index in [0.717, 1.165) is 46.5 Å². The molecule has 2 atom stereocenters. The first-order valence-electron chi connectivity index (χ1n) is 5.97. The molecule has 6 nitrogen and oxygen atoms in total. The molecule has 2 heterocycles. The van der Waals surface area contributed by atoms with Crippen molar-refractivity contribution in [2.24, 2.45) is 0 Å². The van der Waals surface area contributed by atoms with Crippen LogP contribution in [0.3, 0.4) is 0 Å². The quantitative estimate of drug-likeness (QED) is 0.620. The summed E-state index contributed by atoms with van der Waals surface area (Å²) in [5.41, 5.74) is 0. The van der Waals surface area contributed by atoms with Gasteiger partial charge in [0.05, 0.1) is 0 Å². The molecule has 0 unspecified atom stereocenters. The number of rotatable bonds is 4. The molecule has 2 N–H and O–H groups in total. The fourth-order valence-corrected chi connectivity index (χ4v) is 2.05. The zero-order valence-corrected chi connectivity index (χ0v) is 9.61. The lowest BCUT2D eigenvalue weighted by atomic mass is 10.2. The third-order valence-electron chi connectivity index (χ3n) is 3.02. The molecule has 17 heavy (non-hydrogen) atoms. The van der Waals surface area contributed by atoms with Gasteiger partial charge < -0.3 is 19.9 Å². The molecule has 0 aromatic carbocycles. The average molecular weight is 239 g/mol. The van der Waals surface area contributed by atoms with Crippen molar-refractivity contribution < 1.29 is 18.9 Å². The lowest BCUT2D eigenvalue weighted by molar-refractivity contribution is -0.141. The summed E-state index contributed by atoms with van der Waals surface area (Å²) in [5.74, 6) is -0.788. The SMILES string of the molecule is O=C(O[B]OC(=O)[C@@H]1CCCN1)[C@@H]1CCCN1. The van der Waals surface area contributed by atoms with Crippen LogP contribution < -0.4 is 10.6 Å². The molecule has 7 heteroatoms. The molecule has 0 aromatic heterocycles. The van der Waals surface area contributed by atoms with Crippen LogP contribution in [-0.4, -0.2) is 44.8 Å². The van der Waals surface area contributed by atoms with E-state index in [1.54, 1.807) is 0 Å². The molecule has 0 saturated carbocycles. The highest BCUT2D eigenvalue weighted by atomic mass is 16.6. The van der Waals surface area contributed by atoms with Crippen LogP contribution in [0, 0.1) is 0 Å². The van der Waals surface area contributed by atoms with Crippen LogP contribution in [-0.2, 0) is 18.9 Å². The first-order valence-corrected chi connectivity index (χ1v) is 5.97. The maximum atomic E-state index is 11.4. The Bertz CT molecular complexity index is 260. The molecule has 0 spiro atoms. The first-order chi connectivity index (χ1) is 8.27. The Balaban J connectivity index is 1.61. The topological polar surface area (TPSA) is 76.7 Å². The summed E-state index contributed by atoms with van der Waals surface area (Å²) in [6.45, 7) is 1.65. The zero-order chi connectivity index (χ0) is 12.1. The normalized spacial score (nSPS) is 27.8. The van der Waals surface area contributed by atoms with Crippen LogP contribution in [0.2, 0.25) is 0 Å². The predicted octanol–water partition coefficient (Wildman–Crippen LogP) is -0.889. The average Bonchev–Trinajstić information content (AvgIpc) is 3.02. The number of nitrogens with one attached hydrogen (secondary N) is 2. The van der Waals surface area contributed by atoms with Crippen molar-refractivity contribution in [1.82, 2.24) is 10.6 Å². The highest BCUT2D eigenvalue weighted by molar-refractivity contribution is 6.26. The number of carbonyl (C=O) groups excluding carboxylic acids is 2. The summed E-state index contributed by atoms with van der Waals surface area (Å²) in [7, 11) is 0.838. The highest BCUT2D eigenvalue weighted by Crippen LogP contribution is 2.07. The van der Waals surface area contributed by atoms with Gasteiger partial charge in [0.25, 0.3) is 0 Å². The minimum absolute atomic E-state index is 0.269. The van der Waals surface area contributed by atoms with E-state index >= 15 is 0 Å². The van der Waals surface area contributed by atoms with E-state index in [0.29, 0.717) is 0 Å². The van der Waals surface area contributed by atoms with Gasteiger partial charge in [0, 0.05) is 0 Å². The van der Waals surface area contributed by atoms with Gasteiger partial charge in [-0.1, -0.05) is 0 Å². The van der Waals surface area contributed by atoms with Crippen molar-refractivity contribution in [2.75, 3.05) is 13.1 Å². The third kappa shape index (κ3) is 3.44. The van der Waals surface area contributed by atoms with Crippen LogP contribution in [0.4, 0.5) is 0 Å². The molecule has 2 rings (SSSR count). The largest absolute Gasteiger partial charge is 0.662 e. The van der Waals surface area contributed by atoms with E-state index in [-0.39, 0.29) is 12.1 Å². The Morgan fingerprint density at radius 3 is 1.76 bits per heavy atom. The van der Waals surface area contributed by atoms with Crippen LogP contribution in [0.5, 0.6) is 0 Å². The molecular weight excluding hydrogens is 223 g/mol. The van der Waals surface area contributed by atoms with Gasteiger partial charge in [0.15, 0.2) is 0 Å².